The zero-order valence-corrected chi connectivity index (χ0v) is 23.7. The maximum Gasteiger partial charge on any atom is 0.235 e. The number of unbranched alkanes of at least 4 members (excludes halogenated alkanes) is 1. The standard InChI is InChI=1S/C30H39N3O8/c1-4-5-10-33(15-8-11-32(3)12-9-15)18-7-6-16-14(2)20-23(26(37)21(16)25(18)36)28(39)30(41)17(24(20)35)13-19(34)22(27(30)38)29(31)40/h6-7,14-15,17,20,22-24,35-36,41H,4-5,8-13H2,1-3H3,(H2,31,40)/t14-,17+,20+,22?,23?,24+,30+/m0/s1. The maximum absolute atomic E-state index is 14.1. The number of anilines is 1. The molecule has 3 fully saturated rings. The third-order valence-electron chi connectivity index (χ3n) is 10.0. The van der Waals surface area contributed by atoms with Crippen LogP contribution in [0.2, 0.25) is 0 Å². The predicted molar refractivity (Wildman–Crippen MR) is 147 cm³/mol. The second-order valence-electron chi connectivity index (χ2n) is 12.3. The smallest absolute Gasteiger partial charge is 0.235 e. The molecular formula is C30H39N3O8. The van der Waals surface area contributed by atoms with Crippen molar-refractivity contribution in [2.45, 2.75) is 69.6 Å². The van der Waals surface area contributed by atoms with Crippen molar-refractivity contribution in [1.82, 2.24) is 4.90 Å². The molecule has 3 aliphatic carbocycles. The van der Waals surface area contributed by atoms with Crippen molar-refractivity contribution >= 4 is 34.7 Å². The van der Waals surface area contributed by atoms with Crippen molar-refractivity contribution in [3.8, 4) is 5.75 Å². The summed E-state index contributed by atoms with van der Waals surface area (Å²) in [5.41, 5.74) is 3.21. The van der Waals surface area contributed by atoms with E-state index in [1.165, 1.54) is 0 Å². The summed E-state index contributed by atoms with van der Waals surface area (Å²) >= 11 is 0. The highest BCUT2D eigenvalue weighted by atomic mass is 16.3. The molecular weight excluding hydrogens is 530 g/mol. The fraction of sp³-hybridized carbons (Fsp3) is 0.633. The lowest BCUT2D eigenvalue weighted by atomic mass is 9.50. The SMILES string of the molecule is CCCCN(c1ccc2c(c1O)C(=O)C1C(=O)[C@]3(O)C(=O)C(C(N)=O)C(=O)C[C@@H]3[C@@H](O)[C@@H]1[C@H]2C)C1CCN(C)CC1. The van der Waals surface area contributed by atoms with Crippen LogP contribution in [-0.2, 0) is 19.2 Å². The van der Waals surface area contributed by atoms with Gasteiger partial charge in [0.05, 0.1) is 23.3 Å². The number of amides is 1. The first-order valence-corrected chi connectivity index (χ1v) is 14.5. The number of nitrogens with two attached hydrogens (primary N) is 1. The molecule has 0 spiro atoms. The van der Waals surface area contributed by atoms with Crippen molar-refractivity contribution in [3.05, 3.63) is 23.3 Å². The minimum Gasteiger partial charge on any atom is -0.505 e. The molecule has 1 aliphatic heterocycles. The van der Waals surface area contributed by atoms with E-state index in [2.05, 4.69) is 23.8 Å². The van der Waals surface area contributed by atoms with E-state index in [9.17, 15) is 39.3 Å². The number of hydrogen-bond donors (Lipinski definition) is 4. The molecule has 0 radical (unpaired) electrons. The van der Waals surface area contributed by atoms with Crippen molar-refractivity contribution in [1.29, 1.82) is 0 Å². The minimum atomic E-state index is -2.92. The Hall–Kier alpha value is -3.15. The number of phenolic OH excluding ortho intramolecular Hbond substituents is 1. The zero-order valence-electron chi connectivity index (χ0n) is 23.7. The number of carbonyl (C=O) groups excluding carboxylic acids is 5. The first-order valence-electron chi connectivity index (χ1n) is 14.5. The van der Waals surface area contributed by atoms with Crippen LogP contribution in [0, 0.1) is 23.7 Å². The number of piperidine rings is 1. The van der Waals surface area contributed by atoms with E-state index in [-0.39, 0.29) is 17.4 Å². The van der Waals surface area contributed by atoms with E-state index in [1.54, 1.807) is 19.1 Å². The molecule has 1 amide bonds. The summed E-state index contributed by atoms with van der Waals surface area (Å²) in [6.07, 6.45) is 1.40. The number of benzene rings is 1. The summed E-state index contributed by atoms with van der Waals surface area (Å²) in [7, 11) is 2.06. The molecule has 222 valence electrons. The van der Waals surface area contributed by atoms with Gasteiger partial charge in [0.2, 0.25) is 5.91 Å². The van der Waals surface area contributed by atoms with E-state index in [4.69, 9.17) is 5.73 Å². The van der Waals surface area contributed by atoms with Crippen molar-refractivity contribution in [2.24, 2.45) is 29.4 Å². The molecule has 0 aromatic heterocycles. The third kappa shape index (κ3) is 4.31. The number of Topliss-reactive ketones (excluding diaryl/α,β-unsaturated/α-hetero) is 4. The van der Waals surface area contributed by atoms with Crippen LogP contribution >= 0.6 is 0 Å². The summed E-state index contributed by atoms with van der Waals surface area (Å²) < 4.78 is 0. The van der Waals surface area contributed by atoms with Gasteiger partial charge in [-0.2, -0.15) is 0 Å². The highest BCUT2D eigenvalue weighted by molar-refractivity contribution is 6.31. The first-order chi connectivity index (χ1) is 19.4. The molecule has 41 heavy (non-hydrogen) atoms. The number of likely N-dealkylation sites (tertiary alicyclic amines) is 1. The highest BCUT2D eigenvalue weighted by Gasteiger charge is 2.69. The second-order valence-corrected chi connectivity index (χ2v) is 12.3. The quantitative estimate of drug-likeness (QED) is 0.354. The number of ketones is 4. The van der Waals surface area contributed by atoms with Gasteiger partial charge in [0.15, 0.2) is 34.7 Å². The van der Waals surface area contributed by atoms with Gasteiger partial charge >= 0.3 is 0 Å². The number of hydrogen-bond acceptors (Lipinski definition) is 10. The van der Waals surface area contributed by atoms with Gasteiger partial charge in [0.25, 0.3) is 0 Å². The normalized spacial score (nSPS) is 34.2. The number of aliphatic hydroxyl groups excluding tert-OH is 1. The first kappa shape index (κ1) is 29.3. The molecule has 1 aromatic carbocycles. The van der Waals surface area contributed by atoms with Gasteiger partial charge in [0, 0.05) is 30.8 Å². The Morgan fingerprint density at radius 1 is 1.15 bits per heavy atom. The lowest BCUT2D eigenvalue weighted by Crippen LogP contribution is -2.72. The Morgan fingerprint density at radius 3 is 2.41 bits per heavy atom. The van der Waals surface area contributed by atoms with Crippen molar-refractivity contribution in [3.63, 3.8) is 0 Å². The number of primary amides is 1. The molecule has 11 heteroatoms. The fourth-order valence-electron chi connectivity index (χ4n) is 7.71. The number of nitrogens with zero attached hydrogens (tertiary/aromatic N) is 2. The molecule has 7 atom stereocenters. The topological polar surface area (TPSA) is 179 Å². The Morgan fingerprint density at radius 2 is 1.80 bits per heavy atom. The van der Waals surface area contributed by atoms with Gasteiger partial charge in [-0.25, -0.2) is 0 Å². The van der Waals surface area contributed by atoms with Gasteiger partial charge in [-0.3, -0.25) is 24.0 Å². The van der Waals surface area contributed by atoms with E-state index in [0.29, 0.717) is 17.8 Å². The van der Waals surface area contributed by atoms with Crippen LogP contribution in [0.4, 0.5) is 5.69 Å². The number of carbonyl (C=O) groups is 5. The molecule has 2 saturated carbocycles. The average molecular weight is 570 g/mol. The Kier molecular flexibility index (Phi) is 7.59. The molecule has 1 saturated heterocycles. The van der Waals surface area contributed by atoms with E-state index in [0.717, 1.165) is 38.8 Å². The van der Waals surface area contributed by atoms with Crippen LogP contribution in [0.1, 0.15) is 67.8 Å². The monoisotopic (exact) mass is 569 g/mol. The Bertz CT molecular complexity index is 1300. The van der Waals surface area contributed by atoms with Gasteiger partial charge < -0.3 is 30.9 Å². The summed E-state index contributed by atoms with van der Waals surface area (Å²) in [5, 5.41) is 34.5. The summed E-state index contributed by atoms with van der Waals surface area (Å²) in [5.74, 6) is -12.6. The van der Waals surface area contributed by atoms with E-state index < -0.39 is 76.8 Å². The molecule has 1 aromatic rings. The fourth-order valence-corrected chi connectivity index (χ4v) is 7.71. The maximum atomic E-state index is 14.1. The Labute approximate surface area is 238 Å². The Balaban J connectivity index is 1.58. The molecule has 4 aliphatic rings. The number of aliphatic hydroxyl groups is 2. The van der Waals surface area contributed by atoms with Crippen LogP contribution < -0.4 is 10.6 Å². The summed E-state index contributed by atoms with van der Waals surface area (Å²) in [6, 6.07) is 3.67. The number of phenols is 1. The van der Waals surface area contributed by atoms with Crippen molar-refractivity contribution < 1.29 is 39.3 Å². The van der Waals surface area contributed by atoms with Crippen LogP contribution in [0.3, 0.4) is 0 Å². The molecule has 5 N–H and O–H groups in total. The lowest BCUT2D eigenvalue weighted by molar-refractivity contribution is -0.189. The third-order valence-corrected chi connectivity index (χ3v) is 10.0. The number of fused-ring (bicyclic) bond motifs is 3. The average Bonchev–Trinajstić information content (AvgIpc) is 2.92. The summed E-state index contributed by atoms with van der Waals surface area (Å²) in [6.45, 7) is 6.25. The van der Waals surface area contributed by atoms with Gasteiger partial charge in [-0.1, -0.05) is 26.3 Å². The van der Waals surface area contributed by atoms with E-state index in [1.807, 2.05) is 0 Å². The van der Waals surface area contributed by atoms with Crippen LogP contribution in [0.25, 0.3) is 0 Å². The van der Waals surface area contributed by atoms with Gasteiger partial charge in [0.1, 0.15) is 5.75 Å². The van der Waals surface area contributed by atoms with Gasteiger partial charge in [-0.15, -0.1) is 0 Å². The number of aromatic hydroxyl groups is 1. The van der Waals surface area contributed by atoms with Gasteiger partial charge in [-0.05, 0) is 56.9 Å². The number of rotatable bonds is 6. The molecule has 5 rings (SSSR count). The minimum absolute atomic E-state index is 0.0564. The predicted octanol–water partition coefficient (Wildman–Crippen LogP) is 0.559. The molecule has 2 unspecified atom stereocenters. The van der Waals surface area contributed by atoms with Crippen molar-refractivity contribution in [2.75, 3.05) is 31.6 Å². The summed E-state index contributed by atoms with van der Waals surface area (Å²) in [4.78, 5) is 70.1. The largest absolute Gasteiger partial charge is 0.505 e. The molecule has 0 bridgehead atoms. The second kappa shape index (κ2) is 10.6. The zero-order chi connectivity index (χ0) is 30.0. The van der Waals surface area contributed by atoms with Crippen LogP contribution in [0.15, 0.2) is 12.1 Å². The van der Waals surface area contributed by atoms with Crippen LogP contribution in [0.5, 0.6) is 5.75 Å². The molecule has 1 heterocycles. The van der Waals surface area contributed by atoms with E-state index >= 15 is 0 Å². The molecule has 11 nitrogen and oxygen atoms in total. The van der Waals surface area contributed by atoms with Crippen LogP contribution in [-0.4, -0.2) is 93.7 Å². The lowest BCUT2D eigenvalue weighted by Gasteiger charge is -2.53. The highest BCUT2D eigenvalue weighted by Crippen LogP contribution is 2.55.